The van der Waals surface area contributed by atoms with Gasteiger partial charge in [-0.25, -0.2) is 0 Å². The van der Waals surface area contributed by atoms with Gasteiger partial charge in [-0.3, -0.25) is 4.79 Å². The normalized spacial score (nSPS) is 51.5. The molecular formula is C17H21N3O2. The molecule has 0 aromatic heterocycles. The summed E-state index contributed by atoms with van der Waals surface area (Å²) in [6.07, 6.45) is 7.34. The Morgan fingerprint density at radius 2 is 2.32 bits per heavy atom. The monoisotopic (exact) mass is 299 g/mol. The van der Waals surface area contributed by atoms with Gasteiger partial charge in [0.05, 0.1) is 17.7 Å². The van der Waals surface area contributed by atoms with Crippen LogP contribution in [-0.4, -0.2) is 39.6 Å². The molecule has 0 aromatic carbocycles. The summed E-state index contributed by atoms with van der Waals surface area (Å²) in [5, 5.41) is 19.9. The van der Waals surface area contributed by atoms with Crippen molar-refractivity contribution in [2.75, 3.05) is 0 Å². The number of rotatable bonds is 2. The third-order valence-corrected chi connectivity index (χ3v) is 6.95. The quantitative estimate of drug-likeness (QED) is 0.734. The molecule has 6 aliphatic rings. The summed E-state index contributed by atoms with van der Waals surface area (Å²) in [4.78, 5) is 14.8. The number of hydrogen-bond donors (Lipinski definition) is 2. The number of allylic oxidation sites excluding steroid dienone is 1. The number of carbonyl (C=O) groups excluding carboxylic acids is 1. The first-order chi connectivity index (χ1) is 10.5. The molecule has 116 valence electrons. The van der Waals surface area contributed by atoms with Crippen molar-refractivity contribution in [3.05, 3.63) is 11.6 Å². The minimum Gasteiger partial charge on any atom is -0.385 e. The van der Waals surface area contributed by atoms with E-state index < -0.39 is 11.6 Å². The lowest BCUT2D eigenvalue weighted by atomic mass is 9.40. The third kappa shape index (κ3) is 1.34. The van der Waals surface area contributed by atoms with Gasteiger partial charge in [0.2, 0.25) is 5.91 Å². The number of likely N-dealkylation sites (tertiary alicyclic amines) is 1. The van der Waals surface area contributed by atoms with Crippen LogP contribution in [0.3, 0.4) is 0 Å². The average Bonchev–Trinajstić information content (AvgIpc) is 3.15. The highest BCUT2D eigenvalue weighted by Crippen LogP contribution is 2.68. The van der Waals surface area contributed by atoms with Crippen LogP contribution in [-0.2, 0) is 4.79 Å². The highest BCUT2D eigenvalue weighted by atomic mass is 16.3. The largest absolute Gasteiger partial charge is 0.385 e. The van der Waals surface area contributed by atoms with Crippen molar-refractivity contribution in [2.45, 2.75) is 62.3 Å². The molecule has 4 unspecified atom stereocenters. The van der Waals surface area contributed by atoms with Crippen molar-refractivity contribution in [1.82, 2.24) is 4.90 Å². The van der Waals surface area contributed by atoms with Crippen LogP contribution in [0.1, 0.15) is 38.5 Å². The number of aliphatic hydroxyl groups is 1. The fourth-order valence-electron chi connectivity index (χ4n) is 6.03. The molecule has 0 radical (unpaired) electrons. The number of nitrogens with two attached hydrogens (primary N) is 1. The molecular weight excluding hydrogens is 278 g/mol. The summed E-state index contributed by atoms with van der Waals surface area (Å²) in [6, 6.07) is 1.61. The molecule has 22 heavy (non-hydrogen) atoms. The van der Waals surface area contributed by atoms with E-state index in [1.54, 1.807) is 4.90 Å². The van der Waals surface area contributed by atoms with Crippen LogP contribution in [0.5, 0.6) is 0 Å². The zero-order valence-corrected chi connectivity index (χ0v) is 12.5. The second kappa shape index (κ2) is 3.74. The summed E-state index contributed by atoms with van der Waals surface area (Å²) in [5.74, 6) is 0.903. The Morgan fingerprint density at radius 1 is 1.50 bits per heavy atom. The number of nitrogens with zero attached hydrogens (tertiary/aromatic N) is 2. The van der Waals surface area contributed by atoms with Gasteiger partial charge in [-0.1, -0.05) is 6.08 Å². The molecule has 6 rings (SSSR count). The Morgan fingerprint density at radius 3 is 3.00 bits per heavy atom. The van der Waals surface area contributed by atoms with Crippen molar-refractivity contribution < 1.29 is 9.90 Å². The van der Waals surface area contributed by atoms with Gasteiger partial charge in [0.25, 0.3) is 0 Å². The average molecular weight is 299 g/mol. The fourth-order valence-corrected chi connectivity index (χ4v) is 6.03. The van der Waals surface area contributed by atoms with Crippen molar-refractivity contribution in [1.29, 1.82) is 5.26 Å². The van der Waals surface area contributed by atoms with Crippen LogP contribution in [0.2, 0.25) is 0 Å². The summed E-state index contributed by atoms with van der Waals surface area (Å²) < 4.78 is 0. The van der Waals surface area contributed by atoms with Crippen molar-refractivity contribution in [3.8, 4) is 6.07 Å². The summed E-state index contributed by atoms with van der Waals surface area (Å²) >= 11 is 0. The number of piperidine rings is 1. The van der Waals surface area contributed by atoms with E-state index in [1.165, 1.54) is 0 Å². The van der Waals surface area contributed by atoms with E-state index in [1.807, 2.05) is 0 Å². The van der Waals surface area contributed by atoms with Crippen molar-refractivity contribution in [3.63, 3.8) is 0 Å². The number of hydrogen-bond acceptors (Lipinski definition) is 4. The highest BCUT2D eigenvalue weighted by Gasteiger charge is 2.69. The number of amides is 1. The fraction of sp³-hybridized carbons (Fsp3) is 0.765. The van der Waals surface area contributed by atoms with E-state index in [4.69, 9.17) is 5.73 Å². The molecule has 1 heterocycles. The molecule has 5 aliphatic carbocycles. The lowest BCUT2D eigenvalue weighted by Crippen LogP contribution is -2.71. The molecule has 0 aromatic rings. The first kappa shape index (κ1) is 13.1. The maximum Gasteiger partial charge on any atom is 0.241 e. The van der Waals surface area contributed by atoms with Gasteiger partial charge in [0.1, 0.15) is 6.04 Å². The Hall–Kier alpha value is -1.38. The molecule has 5 heteroatoms. The molecule has 3 N–H and O–H groups in total. The van der Waals surface area contributed by atoms with Gasteiger partial charge < -0.3 is 15.7 Å². The molecule has 1 aliphatic heterocycles. The molecule has 0 spiro atoms. The van der Waals surface area contributed by atoms with Gasteiger partial charge in [-0.15, -0.1) is 0 Å². The first-order valence-corrected chi connectivity index (χ1v) is 8.39. The van der Waals surface area contributed by atoms with Crippen LogP contribution < -0.4 is 5.73 Å². The van der Waals surface area contributed by atoms with Gasteiger partial charge in [-0.2, -0.15) is 5.26 Å². The van der Waals surface area contributed by atoms with E-state index in [2.05, 4.69) is 12.1 Å². The topological polar surface area (TPSA) is 90.4 Å². The number of fused-ring (bicyclic) bond motifs is 2. The van der Waals surface area contributed by atoms with Crippen LogP contribution in [0.4, 0.5) is 0 Å². The van der Waals surface area contributed by atoms with E-state index >= 15 is 0 Å². The third-order valence-electron chi connectivity index (χ3n) is 6.95. The summed E-state index contributed by atoms with van der Waals surface area (Å²) in [6.45, 7) is 0. The Balaban J connectivity index is 1.45. The number of carbonyl (C=O) groups is 1. The standard InChI is InChI=1S/C17H21N3O2/c18-7-11-3-10-4-12(10)20(11)15(21)14(19)16-5-9-1-2-13(16)17(22,6-9)8-16/h2,9-12,14,22H,1,3-6,8,19H2/t9?,10-,11?,12+,14-,16?,17?/m1/s1. The SMILES string of the molecule is N#CC1C[C@@H]2C[C@@H]2N1C(=O)[C@@H](N)C12CC3CC=C1C(O)(C3)C2. The molecule has 1 amide bonds. The lowest BCUT2D eigenvalue weighted by molar-refractivity contribution is -0.157. The van der Waals surface area contributed by atoms with Gasteiger partial charge in [0.15, 0.2) is 0 Å². The van der Waals surface area contributed by atoms with Crippen LogP contribution >= 0.6 is 0 Å². The zero-order valence-electron chi connectivity index (χ0n) is 12.5. The molecule has 3 saturated carbocycles. The van der Waals surface area contributed by atoms with E-state index in [9.17, 15) is 15.2 Å². The predicted octanol–water partition coefficient (Wildman–Crippen LogP) is 0.688. The van der Waals surface area contributed by atoms with E-state index in [0.29, 0.717) is 18.3 Å². The van der Waals surface area contributed by atoms with Gasteiger partial charge in [-0.05, 0) is 55.9 Å². The Labute approximate surface area is 129 Å². The second-order valence-electron chi connectivity index (χ2n) is 8.16. The Bertz CT molecular complexity index is 653. The minimum atomic E-state index is -0.694. The zero-order chi connectivity index (χ0) is 15.3. The molecule has 7 atom stereocenters. The summed E-state index contributed by atoms with van der Waals surface area (Å²) in [5.41, 5.74) is 6.42. The first-order valence-electron chi connectivity index (χ1n) is 8.39. The van der Waals surface area contributed by atoms with Crippen molar-refractivity contribution >= 4 is 5.91 Å². The maximum absolute atomic E-state index is 13.0. The van der Waals surface area contributed by atoms with E-state index in [-0.39, 0.29) is 23.4 Å². The maximum atomic E-state index is 13.0. The molecule has 4 fully saturated rings. The van der Waals surface area contributed by atoms with Crippen LogP contribution in [0.25, 0.3) is 0 Å². The minimum absolute atomic E-state index is 0.0629. The van der Waals surface area contributed by atoms with Crippen molar-refractivity contribution in [2.24, 2.45) is 23.0 Å². The van der Waals surface area contributed by atoms with Gasteiger partial charge in [0, 0.05) is 11.5 Å². The van der Waals surface area contributed by atoms with Crippen LogP contribution in [0.15, 0.2) is 11.6 Å². The molecule has 4 bridgehead atoms. The van der Waals surface area contributed by atoms with Crippen LogP contribution in [0, 0.1) is 28.6 Å². The van der Waals surface area contributed by atoms with E-state index in [0.717, 1.165) is 37.7 Å². The smallest absolute Gasteiger partial charge is 0.241 e. The molecule has 1 saturated heterocycles. The number of nitriles is 1. The lowest BCUT2D eigenvalue weighted by Gasteiger charge is -2.66. The van der Waals surface area contributed by atoms with Gasteiger partial charge >= 0.3 is 0 Å². The Kier molecular flexibility index (Phi) is 2.23. The summed E-state index contributed by atoms with van der Waals surface area (Å²) in [7, 11) is 0. The molecule has 5 nitrogen and oxygen atoms in total. The predicted molar refractivity (Wildman–Crippen MR) is 78.2 cm³/mol. The second-order valence-corrected chi connectivity index (χ2v) is 8.16. The highest BCUT2D eigenvalue weighted by molar-refractivity contribution is 5.86.